The topological polar surface area (TPSA) is 58.6 Å². The van der Waals surface area contributed by atoms with Crippen LogP contribution in [0.25, 0.3) is 0 Å². The van der Waals surface area contributed by atoms with Gasteiger partial charge in [0, 0.05) is 6.54 Å². The number of carbonyl (C=O) groups excluding carboxylic acids is 2. The maximum atomic E-state index is 12.8. The molecule has 0 aromatic carbocycles. The first-order chi connectivity index (χ1) is 10.1. The van der Waals surface area contributed by atoms with Crippen molar-refractivity contribution in [1.82, 2.24) is 10.2 Å². The average Bonchev–Trinajstić information content (AvgIpc) is 3.21. The lowest BCUT2D eigenvalue weighted by Crippen LogP contribution is -2.65. The molecule has 4 unspecified atom stereocenters. The van der Waals surface area contributed by atoms with Crippen LogP contribution < -0.4 is 5.32 Å². The number of nitrogens with one attached hydrogen (secondary N) is 1. The van der Waals surface area contributed by atoms with Gasteiger partial charge in [-0.3, -0.25) is 9.59 Å². The summed E-state index contributed by atoms with van der Waals surface area (Å²) in [5.74, 6) is 0.494. The van der Waals surface area contributed by atoms with Gasteiger partial charge in [0.1, 0.15) is 12.1 Å². The van der Waals surface area contributed by atoms with Crippen LogP contribution in [-0.2, 0) is 14.3 Å². The number of nitrogens with zero attached hydrogens (tertiary/aromatic N) is 1. The van der Waals surface area contributed by atoms with Crippen molar-refractivity contribution in [2.24, 2.45) is 5.92 Å². The minimum atomic E-state index is -0.308. The summed E-state index contributed by atoms with van der Waals surface area (Å²) >= 11 is 0. The quantitative estimate of drug-likeness (QED) is 0.835. The number of carbonyl (C=O) groups is 2. The van der Waals surface area contributed by atoms with E-state index in [4.69, 9.17) is 4.74 Å². The number of rotatable bonds is 5. The maximum Gasteiger partial charge on any atom is 0.246 e. The van der Waals surface area contributed by atoms with E-state index in [1.165, 1.54) is 0 Å². The highest BCUT2D eigenvalue weighted by molar-refractivity contribution is 5.97. The molecule has 21 heavy (non-hydrogen) atoms. The molecule has 1 N–H and O–H groups in total. The van der Waals surface area contributed by atoms with Gasteiger partial charge >= 0.3 is 0 Å². The van der Waals surface area contributed by atoms with Gasteiger partial charge in [0.25, 0.3) is 0 Å². The van der Waals surface area contributed by atoms with E-state index in [1.807, 2.05) is 4.90 Å². The zero-order valence-corrected chi connectivity index (χ0v) is 13.0. The third kappa shape index (κ3) is 3.07. The normalized spacial score (nSPS) is 37.0. The second-order valence-electron chi connectivity index (χ2n) is 6.76. The molecule has 2 amide bonds. The first kappa shape index (κ1) is 14.8. The summed E-state index contributed by atoms with van der Waals surface area (Å²) in [4.78, 5) is 27.0. The predicted molar refractivity (Wildman–Crippen MR) is 78.6 cm³/mol. The lowest BCUT2D eigenvalue weighted by molar-refractivity contribution is -0.152. The molecule has 1 saturated carbocycles. The van der Waals surface area contributed by atoms with Crippen molar-refractivity contribution in [3.63, 3.8) is 0 Å². The standard InChI is InChI=1S/C16H26N2O3/c1-3-4-13-15(19)17-14(11-6-7-11)16(20)18(13)9-12-8-5-10(2)21-12/h10-14H,3-9H2,1-2H3,(H,17,19). The monoisotopic (exact) mass is 294 g/mol. The van der Waals surface area contributed by atoms with Crippen LogP contribution >= 0.6 is 0 Å². The van der Waals surface area contributed by atoms with E-state index in [9.17, 15) is 9.59 Å². The van der Waals surface area contributed by atoms with Crippen LogP contribution in [0.5, 0.6) is 0 Å². The molecule has 0 aromatic heterocycles. The van der Waals surface area contributed by atoms with Crippen molar-refractivity contribution in [2.75, 3.05) is 6.54 Å². The molecular weight excluding hydrogens is 268 g/mol. The summed E-state index contributed by atoms with van der Waals surface area (Å²) in [7, 11) is 0. The van der Waals surface area contributed by atoms with E-state index in [0.29, 0.717) is 12.5 Å². The largest absolute Gasteiger partial charge is 0.373 e. The SMILES string of the molecule is CCCC1C(=O)NC(C2CC2)C(=O)N1CC1CCC(C)O1. The highest BCUT2D eigenvalue weighted by Gasteiger charge is 2.47. The molecule has 1 aliphatic carbocycles. The minimum Gasteiger partial charge on any atom is -0.373 e. The number of piperazine rings is 1. The van der Waals surface area contributed by atoms with Gasteiger partial charge in [-0.1, -0.05) is 13.3 Å². The molecule has 0 spiro atoms. The van der Waals surface area contributed by atoms with Crippen LogP contribution in [0.3, 0.4) is 0 Å². The summed E-state index contributed by atoms with van der Waals surface area (Å²) in [6.45, 7) is 4.70. The minimum absolute atomic E-state index is 0.0272. The van der Waals surface area contributed by atoms with Crippen LogP contribution in [0.15, 0.2) is 0 Å². The van der Waals surface area contributed by atoms with Crippen LogP contribution in [0.2, 0.25) is 0 Å². The first-order valence-corrected chi connectivity index (χ1v) is 8.36. The third-order valence-electron chi connectivity index (χ3n) is 4.90. The van der Waals surface area contributed by atoms with Gasteiger partial charge in [-0.05, 0) is 44.9 Å². The Labute approximate surface area is 126 Å². The number of amides is 2. The molecule has 3 rings (SSSR count). The number of hydrogen-bond acceptors (Lipinski definition) is 3. The van der Waals surface area contributed by atoms with Gasteiger partial charge in [-0.15, -0.1) is 0 Å². The second-order valence-corrected chi connectivity index (χ2v) is 6.76. The fourth-order valence-corrected chi connectivity index (χ4v) is 3.55. The fraction of sp³-hybridized carbons (Fsp3) is 0.875. The zero-order valence-electron chi connectivity index (χ0n) is 13.0. The Hall–Kier alpha value is -1.10. The summed E-state index contributed by atoms with van der Waals surface area (Å²) in [6.07, 6.45) is 6.14. The lowest BCUT2D eigenvalue weighted by Gasteiger charge is -2.40. The Balaban J connectivity index is 1.73. The van der Waals surface area contributed by atoms with Crippen molar-refractivity contribution in [2.45, 2.75) is 76.7 Å². The van der Waals surface area contributed by atoms with Gasteiger partial charge in [-0.2, -0.15) is 0 Å². The molecule has 5 heteroatoms. The van der Waals surface area contributed by atoms with Gasteiger partial charge in [-0.25, -0.2) is 0 Å². The van der Waals surface area contributed by atoms with E-state index in [0.717, 1.165) is 38.5 Å². The third-order valence-corrected chi connectivity index (χ3v) is 4.90. The Morgan fingerprint density at radius 3 is 2.57 bits per heavy atom. The van der Waals surface area contributed by atoms with Crippen molar-refractivity contribution < 1.29 is 14.3 Å². The van der Waals surface area contributed by atoms with E-state index in [1.54, 1.807) is 0 Å². The summed E-state index contributed by atoms with van der Waals surface area (Å²) < 4.78 is 5.86. The molecule has 5 nitrogen and oxygen atoms in total. The average molecular weight is 294 g/mol. The van der Waals surface area contributed by atoms with Gasteiger partial charge in [0.15, 0.2) is 0 Å². The smallest absolute Gasteiger partial charge is 0.246 e. The van der Waals surface area contributed by atoms with Gasteiger partial charge in [0.05, 0.1) is 12.2 Å². The van der Waals surface area contributed by atoms with Crippen LogP contribution in [0.4, 0.5) is 0 Å². The molecule has 3 fully saturated rings. The summed E-state index contributed by atoms with van der Waals surface area (Å²) in [6, 6.07) is -0.596. The number of ether oxygens (including phenoxy) is 1. The summed E-state index contributed by atoms with van der Waals surface area (Å²) in [5.41, 5.74) is 0. The highest BCUT2D eigenvalue weighted by Crippen LogP contribution is 2.35. The lowest BCUT2D eigenvalue weighted by atomic mass is 9.99. The number of hydrogen-bond donors (Lipinski definition) is 1. The Morgan fingerprint density at radius 1 is 1.24 bits per heavy atom. The van der Waals surface area contributed by atoms with Crippen molar-refractivity contribution in [3.8, 4) is 0 Å². The molecular formula is C16H26N2O3. The van der Waals surface area contributed by atoms with Crippen molar-refractivity contribution >= 4 is 11.8 Å². The molecule has 2 aliphatic heterocycles. The zero-order chi connectivity index (χ0) is 15.0. The molecule has 2 heterocycles. The molecule has 4 atom stereocenters. The van der Waals surface area contributed by atoms with Crippen molar-refractivity contribution in [1.29, 1.82) is 0 Å². The van der Waals surface area contributed by atoms with E-state index in [2.05, 4.69) is 19.2 Å². The van der Waals surface area contributed by atoms with Crippen LogP contribution in [0, 0.1) is 5.92 Å². The molecule has 2 saturated heterocycles. The van der Waals surface area contributed by atoms with Crippen LogP contribution in [-0.4, -0.2) is 47.6 Å². The van der Waals surface area contributed by atoms with Gasteiger partial charge in [0.2, 0.25) is 11.8 Å². The maximum absolute atomic E-state index is 12.8. The fourth-order valence-electron chi connectivity index (χ4n) is 3.55. The Morgan fingerprint density at radius 2 is 2.00 bits per heavy atom. The van der Waals surface area contributed by atoms with Gasteiger partial charge < -0.3 is 15.0 Å². The van der Waals surface area contributed by atoms with Crippen molar-refractivity contribution in [3.05, 3.63) is 0 Å². The van der Waals surface area contributed by atoms with E-state index < -0.39 is 0 Å². The summed E-state index contributed by atoms with van der Waals surface area (Å²) in [5, 5.41) is 2.96. The predicted octanol–water partition coefficient (Wildman–Crippen LogP) is 1.46. The van der Waals surface area contributed by atoms with Crippen LogP contribution in [0.1, 0.15) is 52.4 Å². The first-order valence-electron chi connectivity index (χ1n) is 8.36. The second kappa shape index (κ2) is 5.95. The molecule has 0 aromatic rings. The Bertz CT molecular complexity index is 422. The highest BCUT2D eigenvalue weighted by atomic mass is 16.5. The Kier molecular flexibility index (Phi) is 4.20. The molecule has 118 valence electrons. The van der Waals surface area contributed by atoms with E-state index in [-0.39, 0.29) is 36.1 Å². The molecule has 3 aliphatic rings. The molecule has 0 radical (unpaired) electrons. The van der Waals surface area contributed by atoms with E-state index >= 15 is 0 Å². The molecule has 0 bridgehead atoms.